The van der Waals surface area contributed by atoms with Gasteiger partial charge in [-0.05, 0) is 31.7 Å². The number of hydrogen-bond donors (Lipinski definition) is 1. The minimum Gasteiger partial charge on any atom is -0.379 e. The van der Waals surface area contributed by atoms with E-state index in [0.717, 1.165) is 71.0 Å². The minimum atomic E-state index is 0.0219. The fourth-order valence-electron chi connectivity index (χ4n) is 3.28. The van der Waals surface area contributed by atoms with E-state index < -0.39 is 0 Å². The first-order valence-electron chi connectivity index (χ1n) is 9.31. The van der Waals surface area contributed by atoms with Gasteiger partial charge in [-0.15, -0.1) is 0 Å². The molecule has 2 aliphatic heterocycles. The van der Waals surface area contributed by atoms with E-state index in [-0.39, 0.29) is 5.91 Å². The molecule has 0 saturated carbocycles. The third-order valence-corrected chi connectivity index (χ3v) is 4.96. The topological polar surface area (TPSA) is 70.6 Å². The summed E-state index contributed by atoms with van der Waals surface area (Å²) in [6.45, 7) is 11.0. The Balaban J connectivity index is 1.56. The lowest BCUT2D eigenvalue weighted by Crippen LogP contribution is -2.39. The highest BCUT2D eigenvalue weighted by Crippen LogP contribution is 2.18. The fraction of sp³-hybridized carbons (Fsp3) is 0.722. The molecular weight excluding hydrogens is 318 g/mol. The van der Waals surface area contributed by atoms with Crippen molar-refractivity contribution in [1.29, 1.82) is 0 Å². The van der Waals surface area contributed by atoms with E-state index in [9.17, 15) is 4.79 Å². The van der Waals surface area contributed by atoms with Crippen LogP contribution in [0, 0.1) is 12.8 Å². The highest BCUT2D eigenvalue weighted by Gasteiger charge is 2.23. The van der Waals surface area contributed by atoms with Crippen molar-refractivity contribution in [1.82, 2.24) is 19.8 Å². The number of nitrogens with one attached hydrogen (secondary N) is 1. The zero-order valence-corrected chi connectivity index (χ0v) is 15.3. The smallest absolute Gasteiger partial charge is 0.272 e. The normalized spacial score (nSPS) is 19.8. The van der Waals surface area contributed by atoms with Crippen molar-refractivity contribution >= 4 is 11.9 Å². The van der Waals surface area contributed by atoms with Crippen molar-refractivity contribution in [3.63, 3.8) is 0 Å². The lowest BCUT2D eigenvalue weighted by molar-refractivity contribution is 0.0398. The van der Waals surface area contributed by atoms with Gasteiger partial charge in [-0.2, -0.15) is 0 Å². The van der Waals surface area contributed by atoms with E-state index in [4.69, 9.17) is 4.74 Å². The number of aryl methyl sites for hydroxylation is 1. The van der Waals surface area contributed by atoms with Crippen LogP contribution in [0.3, 0.4) is 0 Å². The number of carbonyl (C=O) groups is 1. The van der Waals surface area contributed by atoms with E-state index >= 15 is 0 Å². The molecule has 0 radical (unpaired) electrons. The van der Waals surface area contributed by atoms with Crippen LogP contribution in [-0.2, 0) is 4.74 Å². The van der Waals surface area contributed by atoms with Gasteiger partial charge in [0.1, 0.15) is 5.69 Å². The molecule has 1 aromatic heterocycles. The van der Waals surface area contributed by atoms with Gasteiger partial charge in [0, 0.05) is 45.0 Å². The van der Waals surface area contributed by atoms with Crippen LogP contribution in [-0.4, -0.2) is 78.2 Å². The van der Waals surface area contributed by atoms with Gasteiger partial charge in [-0.1, -0.05) is 6.92 Å². The summed E-state index contributed by atoms with van der Waals surface area (Å²) in [6, 6.07) is 1.79. The first-order valence-corrected chi connectivity index (χ1v) is 9.31. The van der Waals surface area contributed by atoms with Crippen molar-refractivity contribution in [3.8, 4) is 0 Å². The third-order valence-electron chi connectivity index (χ3n) is 4.96. The number of hydrogen-bond acceptors (Lipinski definition) is 6. The van der Waals surface area contributed by atoms with Crippen LogP contribution in [0.1, 0.15) is 35.9 Å². The molecule has 0 spiro atoms. The molecule has 7 heteroatoms. The summed E-state index contributed by atoms with van der Waals surface area (Å²) >= 11 is 0. The van der Waals surface area contributed by atoms with Crippen molar-refractivity contribution in [2.24, 2.45) is 5.92 Å². The molecule has 3 rings (SSSR count). The molecule has 1 aromatic rings. The average molecular weight is 347 g/mol. The summed E-state index contributed by atoms with van der Waals surface area (Å²) in [5.41, 5.74) is 1.31. The number of morpholine rings is 1. The highest BCUT2D eigenvalue weighted by atomic mass is 16.5. The summed E-state index contributed by atoms with van der Waals surface area (Å²) in [5, 5.41) is 3.26. The molecule has 0 bridgehead atoms. The molecule has 0 aliphatic carbocycles. The zero-order chi connectivity index (χ0) is 17.6. The van der Waals surface area contributed by atoms with Gasteiger partial charge in [-0.25, -0.2) is 9.97 Å². The molecular formula is C18H29N5O2. The summed E-state index contributed by atoms with van der Waals surface area (Å²) in [7, 11) is 0. The standard InChI is InChI=1S/C18H29N5O2/c1-14-3-6-23(7-4-14)17(24)16-13-15(2)20-18(21-16)19-5-8-22-9-11-25-12-10-22/h13-14H,3-12H2,1-2H3,(H,19,20,21). The van der Waals surface area contributed by atoms with E-state index in [1.165, 1.54) is 0 Å². The van der Waals surface area contributed by atoms with Gasteiger partial charge < -0.3 is 15.0 Å². The van der Waals surface area contributed by atoms with Gasteiger partial charge in [-0.3, -0.25) is 9.69 Å². The fourth-order valence-corrected chi connectivity index (χ4v) is 3.28. The first kappa shape index (κ1) is 18.1. The Hall–Kier alpha value is -1.73. The Morgan fingerprint density at radius 1 is 1.24 bits per heavy atom. The van der Waals surface area contributed by atoms with Crippen molar-refractivity contribution < 1.29 is 9.53 Å². The summed E-state index contributed by atoms with van der Waals surface area (Å²) in [5.74, 6) is 1.27. The number of piperidine rings is 1. The maximum absolute atomic E-state index is 12.7. The predicted octanol–water partition coefficient (Wildman–Crippen LogP) is 1.40. The number of ether oxygens (including phenoxy) is 1. The summed E-state index contributed by atoms with van der Waals surface area (Å²) in [4.78, 5) is 25.9. The number of nitrogens with zero attached hydrogens (tertiary/aromatic N) is 4. The quantitative estimate of drug-likeness (QED) is 0.868. The van der Waals surface area contributed by atoms with Crippen LogP contribution in [0.2, 0.25) is 0 Å². The van der Waals surface area contributed by atoms with Crippen molar-refractivity contribution in [3.05, 3.63) is 17.5 Å². The number of carbonyl (C=O) groups excluding carboxylic acids is 1. The zero-order valence-electron chi connectivity index (χ0n) is 15.3. The van der Waals surface area contributed by atoms with Gasteiger partial charge in [0.2, 0.25) is 5.95 Å². The molecule has 138 valence electrons. The molecule has 25 heavy (non-hydrogen) atoms. The van der Waals surface area contributed by atoms with E-state index in [1.807, 2.05) is 11.8 Å². The van der Waals surface area contributed by atoms with Gasteiger partial charge in [0.25, 0.3) is 5.91 Å². The van der Waals surface area contributed by atoms with Crippen LogP contribution in [0.5, 0.6) is 0 Å². The van der Waals surface area contributed by atoms with Crippen LogP contribution in [0.25, 0.3) is 0 Å². The van der Waals surface area contributed by atoms with Gasteiger partial charge >= 0.3 is 0 Å². The number of anilines is 1. The monoisotopic (exact) mass is 347 g/mol. The second kappa shape index (κ2) is 8.58. The molecule has 1 N–H and O–H groups in total. The Morgan fingerprint density at radius 2 is 1.96 bits per heavy atom. The minimum absolute atomic E-state index is 0.0219. The molecule has 7 nitrogen and oxygen atoms in total. The van der Waals surface area contributed by atoms with E-state index in [2.05, 4.69) is 27.1 Å². The number of aromatic nitrogens is 2. The molecule has 2 fully saturated rings. The maximum atomic E-state index is 12.7. The Labute approximate surface area is 149 Å². The molecule has 0 atom stereocenters. The van der Waals surface area contributed by atoms with Gasteiger partial charge in [0.05, 0.1) is 13.2 Å². The maximum Gasteiger partial charge on any atom is 0.272 e. The van der Waals surface area contributed by atoms with Crippen LogP contribution in [0.4, 0.5) is 5.95 Å². The first-order chi connectivity index (χ1) is 12.1. The number of amides is 1. The molecule has 2 aliphatic rings. The molecule has 0 unspecified atom stereocenters. The predicted molar refractivity (Wildman–Crippen MR) is 96.8 cm³/mol. The van der Waals surface area contributed by atoms with E-state index in [0.29, 0.717) is 17.6 Å². The second-order valence-electron chi connectivity index (χ2n) is 7.07. The Morgan fingerprint density at radius 3 is 2.68 bits per heavy atom. The lowest BCUT2D eigenvalue weighted by atomic mass is 9.99. The SMILES string of the molecule is Cc1cc(C(=O)N2CCC(C)CC2)nc(NCCN2CCOCC2)n1. The molecule has 1 amide bonds. The van der Waals surface area contributed by atoms with Crippen LogP contribution in [0.15, 0.2) is 6.07 Å². The summed E-state index contributed by atoms with van der Waals surface area (Å²) < 4.78 is 5.36. The van der Waals surface area contributed by atoms with Crippen LogP contribution >= 0.6 is 0 Å². The van der Waals surface area contributed by atoms with Gasteiger partial charge in [0.15, 0.2) is 0 Å². The Bertz CT molecular complexity index is 581. The highest BCUT2D eigenvalue weighted by molar-refractivity contribution is 5.92. The van der Waals surface area contributed by atoms with Crippen molar-refractivity contribution in [2.75, 3.05) is 57.8 Å². The number of rotatable bonds is 5. The Kier molecular flexibility index (Phi) is 6.20. The average Bonchev–Trinajstić information content (AvgIpc) is 2.62. The second-order valence-corrected chi connectivity index (χ2v) is 7.07. The third kappa shape index (κ3) is 5.12. The molecule has 2 saturated heterocycles. The molecule has 3 heterocycles. The van der Waals surface area contributed by atoms with Crippen LogP contribution < -0.4 is 5.32 Å². The molecule has 0 aromatic carbocycles. The van der Waals surface area contributed by atoms with Crippen molar-refractivity contribution in [2.45, 2.75) is 26.7 Å². The largest absolute Gasteiger partial charge is 0.379 e. The summed E-state index contributed by atoms with van der Waals surface area (Å²) in [6.07, 6.45) is 2.14. The lowest BCUT2D eigenvalue weighted by Gasteiger charge is -2.30. The number of likely N-dealkylation sites (tertiary alicyclic amines) is 1. The van der Waals surface area contributed by atoms with E-state index in [1.54, 1.807) is 6.07 Å².